The molecule has 2 aromatic rings. The highest BCUT2D eigenvalue weighted by atomic mass is 35.5. The van der Waals surface area contributed by atoms with Crippen LogP contribution in [0.3, 0.4) is 0 Å². The fraction of sp³-hybridized carbons (Fsp3) is 0.571. The van der Waals surface area contributed by atoms with Gasteiger partial charge in [0.2, 0.25) is 0 Å². The van der Waals surface area contributed by atoms with E-state index in [1.54, 1.807) is 6.07 Å². The van der Waals surface area contributed by atoms with E-state index in [2.05, 4.69) is 38.6 Å². The van der Waals surface area contributed by atoms with Crippen LogP contribution >= 0.6 is 23.4 Å². The molecule has 0 spiro atoms. The number of aryl methyl sites for hydroxylation is 1. The van der Waals surface area contributed by atoms with Crippen molar-refractivity contribution in [1.82, 2.24) is 24.7 Å². The summed E-state index contributed by atoms with van der Waals surface area (Å²) >= 11 is 7.61. The van der Waals surface area contributed by atoms with Gasteiger partial charge in [-0.3, -0.25) is 0 Å². The molecule has 0 N–H and O–H groups in total. The molecule has 1 aliphatic rings. The van der Waals surface area contributed by atoms with Gasteiger partial charge in [0.1, 0.15) is 21.8 Å². The van der Waals surface area contributed by atoms with Crippen LogP contribution in [0.25, 0.3) is 0 Å². The van der Waals surface area contributed by atoms with Crippen LogP contribution < -0.4 is 0 Å². The maximum atomic E-state index is 6.10. The number of rotatable bonds is 3. The molecular weight excluding hydrogens is 306 g/mol. The van der Waals surface area contributed by atoms with E-state index in [1.807, 2.05) is 0 Å². The average molecular weight is 324 g/mol. The second-order valence-corrected chi connectivity index (χ2v) is 6.88. The second kappa shape index (κ2) is 6.32. The Kier molecular flexibility index (Phi) is 4.45. The van der Waals surface area contributed by atoms with E-state index >= 15 is 0 Å². The summed E-state index contributed by atoms with van der Waals surface area (Å²) in [5.41, 5.74) is 0. The van der Waals surface area contributed by atoms with Gasteiger partial charge in [-0.05, 0) is 24.6 Å². The predicted molar refractivity (Wildman–Crippen MR) is 82.8 cm³/mol. The smallest absolute Gasteiger partial charge is 0.197 e. The minimum Gasteiger partial charge on any atom is -0.306 e. The molecule has 112 valence electrons. The third-order valence-corrected chi connectivity index (χ3v) is 4.57. The van der Waals surface area contributed by atoms with Crippen LogP contribution in [0.15, 0.2) is 16.2 Å². The fourth-order valence-corrected chi connectivity index (χ4v) is 3.49. The summed E-state index contributed by atoms with van der Waals surface area (Å²) < 4.78 is 2.21. The zero-order valence-electron chi connectivity index (χ0n) is 12.2. The lowest BCUT2D eigenvalue weighted by atomic mass is 10.2. The molecule has 5 nitrogen and oxygen atoms in total. The molecule has 7 heteroatoms. The van der Waals surface area contributed by atoms with Gasteiger partial charge in [0, 0.05) is 24.9 Å². The van der Waals surface area contributed by atoms with E-state index in [0.717, 1.165) is 34.8 Å². The zero-order valence-corrected chi connectivity index (χ0v) is 13.8. The van der Waals surface area contributed by atoms with Crippen LogP contribution in [0.5, 0.6) is 0 Å². The van der Waals surface area contributed by atoms with Crippen molar-refractivity contribution in [2.24, 2.45) is 0 Å². The summed E-state index contributed by atoms with van der Waals surface area (Å²) in [5, 5.41) is 10.8. The maximum Gasteiger partial charge on any atom is 0.197 e. The Bertz CT molecular complexity index is 640. The molecule has 3 rings (SSSR count). The first-order valence-corrected chi connectivity index (χ1v) is 8.47. The van der Waals surface area contributed by atoms with Crippen molar-refractivity contribution in [2.75, 3.05) is 0 Å². The molecule has 0 unspecified atom stereocenters. The Morgan fingerprint density at radius 2 is 2.05 bits per heavy atom. The van der Waals surface area contributed by atoms with Crippen molar-refractivity contribution in [2.45, 2.75) is 62.2 Å². The van der Waals surface area contributed by atoms with Gasteiger partial charge in [-0.1, -0.05) is 31.9 Å². The largest absolute Gasteiger partial charge is 0.306 e. The molecule has 1 aliphatic heterocycles. The summed E-state index contributed by atoms with van der Waals surface area (Å²) in [5.74, 6) is 2.10. The summed E-state index contributed by atoms with van der Waals surface area (Å²) in [6.45, 7) is 5.10. The summed E-state index contributed by atoms with van der Waals surface area (Å²) in [6.07, 6.45) is 4.64. The first-order chi connectivity index (χ1) is 10.1. The van der Waals surface area contributed by atoms with Gasteiger partial charge in [0.25, 0.3) is 0 Å². The average Bonchev–Trinajstić information content (AvgIpc) is 2.68. The lowest BCUT2D eigenvalue weighted by Gasteiger charge is -2.08. The molecular formula is C14H18ClN5S. The molecule has 21 heavy (non-hydrogen) atoms. The van der Waals surface area contributed by atoms with Crippen LogP contribution in [0, 0.1) is 0 Å². The van der Waals surface area contributed by atoms with Crippen molar-refractivity contribution in [3.63, 3.8) is 0 Å². The number of hydrogen-bond donors (Lipinski definition) is 0. The van der Waals surface area contributed by atoms with Crippen LogP contribution in [-0.2, 0) is 13.0 Å². The van der Waals surface area contributed by atoms with Gasteiger partial charge in [-0.2, -0.15) is 0 Å². The Balaban J connectivity index is 1.89. The highest BCUT2D eigenvalue weighted by molar-refractivity contribution is 7.99. The number of halogens is 1. The summed E-state index contributed by atoms with van der Waals surface area (Å²) in [7, 11) is 0. The Hall–Kier alpha value is -1.14. The number of fused-ring (bicyclic) bond motifs is 1. The van der Waals surface area contributed by atoms with Crippen molar-refractivity contribution < 1.29 is 0 Å². The van der Waals surface area contributed by atoms with Crippen LogP contribution in [-0.4, -0.2) is 24.7 Å². The monoisotopic (exact) mass is 323 g/mol. The second-order valence-electron chi connectivity index (χ2n) is 5.50. The lowest BCUT2D eigenvalue weighted by Crippen LogP contribution is -2.03. The lowest BCUT2D eigenvalue weighted by molar-refractivity contribution is 0.590. The molecule has 0 saturated heterocycles. The van der Waals surface area contributed by atoms with Gasteiger partial charge < -0.3 is 4.57 Å². The molecule has 0 fully saturated rings. The normalized spacial score (nSPS) is 15.0. The van der Waals surface area contributed by atoms with Gasteiger partial charge in [0.15, 0.2) is 5.16 Å². The quantitative estimate of drug-likeness (QED) is 0.806. The van der Waals surface area contributed by atoms with Crippen molar-refractivity contribution in [3.05, 3.63) is 22.9 Å². The van der Waals surface area contributed by atoms with Gasteiger partial charge in [-0.25, -0.2) is 9.97 Å². The predicted octanol–water partition coefficient (Wildman–Crippen LogP) is 3.72. The molecule has 3 heterocycles. The Morgan fingerprint density at radius 1 is 1.19 bits per heavy atom. The highest BCUT2D eigenvalue weighted by Crippen LogP contribution is 2.29. The maximum absolute atomic E-state index is 6.10. The SMILES string of the molecule is CC(C)c1nc(Cl)cc(Sc2nnc3n2CCCCC3)n1. The Labute approximate surface area is 133 Å². The van der Waals surface area contributed by atoms with Crippen molar-refractivity contribution in [1.29, 1.82) is 0 Å². The highest BCUT2D eigenvalue weighted by Gasteiger charge is 2.17. The molecule has 0 aliphatic carbocycles. The van der Waals surface area contributed by atoms with Crippen molar-refractivity contribution >= 4 is 23.4 Å². The van der Waals surface area contributed by atoms with E-state index < -0.39 is 0 Å². The van der Waals surface area contributed by atoms with Crippen molar-refractivity contribution in [3.8, 4) is 0 Å². The molecule has 0 radical (unpaired) electrons. The zero-order chi connectivity index (χ0) is 14.8. The van der Waals surface area contributed by atoms with Crippen LogP contribution in [0.4, 0.5) is 0 Å². The van der Waals surface area contributed by atoms with Gasteiger partial charge >= 0.3 is 0 Å². The van der Waals surface area contributed by atoms with E-state index in [1.165, 1.54) is 31.0 Å². The Morgan fingerprint density at radius 3 is 2.86 bits per heavy atom. The number of hydrogen-bond acceptors (Lipinski definition) is 5. The fourth-order valence-electron chi connectivity index (χ4n) is 2.35. The standard InChI is InChI=1S/C14H18ClN5S/c1-9(2)13-16-10(15)8-12(17-13)21-14-19-18-11-6-4-3-5-7-20(11)14/h8-9H,3-7H2,1-2H3. The summed E-state index contributed by atoms with van der Waals surface area (Å²) in [4.78, 5) is 8.83. The summed E-state index contributed by atoms with van der Waals surface area (Å²) in [6, 6.07) is 1.79. The minimum absolute atomic E-state index is 0.249. The van der Waals surface area contributed by atoms with E-state index in [0.29, 0.717) is 5.15 Å². The molecule has 0 bridgehead atoms. The van der Waals surface area contributed by atoms with E-state index in [-0.39, 0.29) is 5.92 Å². The van der Waals surface area contributed by atoms with E-state index in [9.17, 15) is 0 Å². The molecule has 0 amide bonds. The number of aromatic nitrogens is 5. The topological polar surface area (TPSA) is 56.5 Å². The van der Waals surface area contributed by atoms with Gasteiger partial charge in [-0.15, -0.1) is 10.2 Å². The first kappa shape index (κ1) is 14.8. The molecule has 0 saturated carbocycles. The van der Waals surface area contributed by atoms with Crippen LogP contribution in [0.1, 0.15) is 50.7 Å². The third kappa shape index (κ3) is 3.37. The van der Waals surface area contributed by atoms with Gasteiger partial charge in [0.05, 0.1) is 0 Å². The molecule has 0 atom stereocenters. The van der Waals surface area contributed by atoms with Crippen LogP contribution in [0.2, 0.25) is 5.15 Å². The first-order valence-electron chi connectivity index (χ1n) is 7.28. The molecule has 0 aromatic carbocycles. The third-order valence-electron chi connectivity index (χ3n) is 3.48. The minimum atomic E-state index is 0.249. The van der Waals surface area contributed by atoms with E-state index in [4.69, 9.17) is 11.6 Å². The molecule has 2 aromatic heterocycles. The number of nitrogens with zero attached hydrogens (tertiary/aromatic N) is 5.